The Balaban J connectivity index is 1.61. The highest BCUT2D eigenvalue weighted by molar-refractivity contribution is 7.89. The lowest BCUT2D eigenvalue weighted by molar-refractivity contribution is 0.340. The minimum atomic E-state index is -4.24. The third kappa shape index (κ3) is 5.75. The predicted molar refractivity (Wildman–Crippen MR) is 133 cm³/mol. The molecule has 0 fully saturated rings. The van der Waals surface area contributed by atoms with Crippen LogP contribution >= 0.6 is 23.2 Å². The summed E-state index contributed by atoms with van der Waals surface area (Å²) in [6.45, 7) is 2.26. The number of anilines is 1. The normalized spacial score (nSPS) is 15.9. The zero-order chi connectivity index (χ0) is 25.2. The summed E-state index contributed by atoms with van der Waals surface area (Å²) in [6.07, 6.45) is 0.376. The Morgan fingerprint density at radius 3 is 2.49 bits per heavy atom. The number of nitrogens with one attached hydrogen (secondary N) is 1. The van der Waals surface area contributed by atoms with E-state index in [-0.39, 0.29) is 12.6 Å². The van der Waals surface area contributed by atoms with Gasteiger partial charge in [0.2, 0.25) is 10.0 Å². The molecule has 0 radical (unpaired) electrons. The highest BCUT2D eigenvalue weighted by atomic mass is 35.5. The number of hydrogen-bond acceptors (Lipinski definition) is 5. The van der Waals surface area contributed by atoms with Gasteiger partial charge >= 0.3 is 0 Å². The van der Waals surface area contributed by atoms with Gasteiger partial charge in [-0.3, -0.25) is 5.01 Å². The molecule has 3 aromatic carbocycles. The number of benzene rings is 3. The molecule has 1 aliphatic rings. The molecule has 6 nitrogen and oxygen atoms in total. The van der Waals surface area contributed by atoms with Crippen molar-refractivity contribution in [1.29, 1.82) is 0 Å². The lowest BCUT2D eigenvalue weighted by atomic mass is 10.0. The van der Waals surface area contributed by atoms with Gasteiger partial charge in [0, 0.05) is 17.5 Å². The molecular weight excluding hydrogens is 519 g/mol. The van der Waals surface area contributed by atoms with E-state index in [4.69, 9.17) is 27.9 Å². The summed E-state index contributed by atoms with van der Waals surface area (Å²) in [4.78, 5) is -0.641. The van der Waals surface area contributed by atoms with E-state index in [1.165, 1.54) is 0 Å². The smallest absolute Gasteiger partial charge is 0.243 e. The van der Waals surface area contributed by atoms with Gasteiger partial charge in [-0.2, -0.15) is 5.10 Å². The van der Waals surface area contributed by atoms with E-state index < -0.39 is 26.6 Å². The zero-order valence-electron chi connectivity index (χ0n) is 18.5. The van der Waals surface area contributed by atoms with Gasteiger partial charge in [0.1, 0.15) is 22.3 Å². The van der Waals surface area contributed by atoms with Crippen molar-refractivity contribution >= 4 is 44.6 Å². The van der Waals surface area contributed by atoms with Crippen molar-refractivity contribution < 1.29 is 21.9 Å². The van der Waals surface area contributed by atoms with Crippen LogP contribution in [0.25, 0.3) is 0 Å². The molecule has 1 unspecified atom stereocenters. The monoisotopic (exact) mass is 539 g/mol. The second-order valence-corrected chi connectivity index (χ2v) is 10.3. The second kappa shape index (κ2) is 10.5. The van der Waals surface area contributed by atoms with E-state index in [9.17, 15) is 17.2 Å². The summed E-state index contributed by atoms with van der Waals surface area (Å²) < 4.78 is 60.3. The van der Waals surface area contributed by atoms with Crippen LogP contribution in [0.15, 0.2) is 70.7 Å². The van der Waals surface area contributed by atoms with E-state index in [1.54, 1.807) is 23.2 Å². The van der Waals surface area contributed by atoms with Gasteiger partial charge in [0.15, 0.2) is 0 Å². The first-order chi connectivity index (χ1) is 16.7. The fourth-order valence-electron chi connectivity index (χ4n) is 3.73. The van der Waals surface area contributed by atoms with Crippen LogP contribution < -0.4 is 14.5 Å². The van der Waals surface area contributed by atoms with Crippen LogP contribution in [0.3, 0.4) is 0 Å². The second-order valence-electron chi connectivity index (χ2n) is 7.73. The van der Waals surface area contributed by atoms with Crippen LogP contribution in [0.4, 0.5) is 14.5 Å². The Hall–Kier alpha value is -2.72. The molecule has 1 heterocycles. The van der Waals surface area contributed by atoms with Crippen LogP contribution in [-0.2, 0) is 10.0 Å². The average molecular weight is 540 g/mol. The van der Waals surface area contributed by atoms with Gasteiger partial charge in [0.05, 0.1) is 35.6 Å². The number of sulfonamides is 1. The Morgan fingerprint density at radius 2 is 1.83 bits per heavy atom. The molecule has 1 N–H and O–H groups in total. The number of rotatable bonds is 8. The molecule has 0 amide bonds. The molecule has 1 aliphatic heterocycles. The van der Waals surface area contributed by atoms with Crippen molar-refractivity contribution in [2.75, 3.05) is 18.2 Å². The lowest BCUT2D eigenvalue weighted by Crippen LogP contribution is -2.30. The Bertz CT molecular complexity index is 1370. The van der Waals surface area contributed by atoms with Crippen LogP contribution in [0.1, 0.15) is 24.9 Å². The van der Waals surface area contributed by atoms with E-state index >= 15 is 0 Å². The largest absolute Gasteiger partial charge is 0.494 e. The lowest BCUT2D eigenvalue weighted by Gasteiger charge is -2.25. The fourth-order valence-corrected chi connectivity index (χ4v) is 5.30. The zero-order valence-corrected chi connectivity index (χ0v) is 20.8. The quantitative estimate of drug-likeness (QED) is 0.383. The third-order valence-corrected chi connectivity index (χ3v) is 7.33. The molecule has 0 bridgehead atoms. The number of halogens is 4. The summed E-state index contributed by atoms with van der Waals surface area (Å²) >= 11 is 12.5. The molecule has 11 heteroatoms. The number of hydrazone groups is 1. The molecule has 35 heavy (non-hydrogen) atoms. The molecule has 0 aliphatic carbocycles. The van der Waals surface area contributed by atoms with Gasteiger partial charge < -0.3 is 4.74 Å². The molecule has 184 valence electrons. The molecule has 0 saturated heterocycles. The Morgan fingerprint density at radius 1 is 1.09 bits per heavy atom. The van der Waals surface area contributed by atoms with Gasteiger partial charge in [-0.05, 0) is 55.0 Å². The van der Waals surface area contributed by atoms with E-state index in [1.807, 2.05) is 31.2 Å². The first-order valence-corrected chi connectivity index (χ1v) is 12.9. The number of hydrogen-bond donors (Lipinski definition) is 1. The van der Waals surface area contributed by atoms with Crippen LogP contribution in [0.5, 0.6) is 5.75 Å². The summed E-state index contributed by atoms with van der Waals surface area (Å²) in [5.74, 6) is -1.32. The molecule has 4 rings (SSSR count). The highest BCUT2D eigenvalue weighted by Crippen LogP contribution is 2.40. The summed E-state index contributed by atoms with van der Waals surface area (Å²) in [7, 11) is -4.24. The fraction of sp³-hybridized carbons (Fsp3) is 0.208. The minimum absolute atomic E-state index is 0.172. The third-order valence-electron chi connectivity index (χ3n) is 5.36. The topological polar surface area (TPSA) is 71.0 Å². The molecule has 0 spiro atoms. The highest BCUT2D eigenvalue weighted by Gasteiger charge is 2.31. The van der Waals surface area contributed by atoms with Crippen molar-refractivity contribution in [2.24, 2.45) is 5.10 Å². The van der Waals surface area contributed by atoms with E-state index in [0.29, 0.717) is 40.5 Å². The number of nitrogens with zero attached hydrogens (tertiary/aromatic N) is 2. The average Bonchev–Trinajstić information content (AvgIpc) is 3.22. The SMILES string of the molecule is CCOc1ccc(C2CC(CNS(=O)(=O)c3ccc(F)cc3F)=NN2c2ccc(Cl)cc2Cl)cc1. The van der Waals surface area contributed by atoms with Gasteiger partial charge in [0.25, 0.3) is 0 Å². The van der Waals surface area contributed by atoms with Crippen molar-refractivity contribution in [2.45, 2.75) is 24.3 Å². The molecular formula is C24H21Cl2F2N3O3S. The summed E-state index contributed by atoms with van der Waals surface area (Å²) in [5, 5.41) is 7.16. The number of ether oxygens (including phenoxy) is 1. The van der Waals surface area contributed by atoms with E-state index in [0.717, 1.165) is 23.4 Å². The molecule has 1 atom stereocenters. The van der Waals surface area contributed by atoms with Gasteiger partial charge in [-0.15, -0.1) is 0 Å². The van der Waals surface area contributed by atoms with Crippen LogP contribution in [-0.4, -0.2) is 27.3 Å². The first kappa shape index (κ1) is 25.4. The maximum atomic E-state index is 14.0. The van der Waals surface area contributed by atoms with Gasteiger partial charge in [-0.1, -0.05) is 35.3 Å². The minimum Gasteiger partial charge on any atom is -0.494 e. The van der Waals surface area contributed by atoms with Gasteiger partial charge in [-0.25, -0.2) is 21.9 Å². The standard InChI is InChI=1S/C24H21Cl2F2N3O3S/c1-2-34-19-7-3-15(4-8-19)23-13-18(30-31(23)22-9-5-16(25)11-20(22)26)14-29-35(32,33)24-10-6-17(27)12-21(24)28/h3-12,23,29H,2,13-14H2,1H3. The van der Waals surface area contributed by atoms with Crippen molar-refractivity contribution in [3.63, 3.8) is 0 Å². The van der Waals surface area contributed by atoms with Crippen molar-refractivity contribution in [3.05, 3.63) is 87.9 Å². The molecule has 0 saturated carbocycles. The Kier molecular flexibility index (Phi) is 7.61. The van der Waals surface area contributed by atoms with Crippen molar-refractivity contribution in [3.8, 4) is 5.75 Å². The first-order valence-electron chi connectivity index (χ1n) is 10.7. The van der Waals surface area contributed by atoms with Crippen LogP contribution in [0, 0.1) is 11.6 Å². The molecule has 0 aromatic heterocycles. The van der Waals surface area contributed by atoms with E-state index in [2.05, 4.69) is 9.82 Å². The molecule has 3 aromatic rings. The predicted octanol–water partition coefficient (Wildman–Crippen LogP) is 5.96. The maximum absolute atomic E-state index is 14.0. The maximum Gasteiger partial charge on any atom is 0.243 e. The summed E-state index contributed by atoms with van der Waals surface area (Å²) in [5.41, 5.74) is 2.00. The summed E-state index contributed by atoms with van der Waals surface area (Å²) in [6, 6.07) is 14.5. The van der Waals surface area contributed by atoms with Crippen molar-refractivity contribution in [1.82, 2.24) is 4.72 Å². The van der Waals surface area contributed by atoms with Crippen LogP contribution in [0.2, 0.25) is 10.0 Å². The Labute approximate surface area is 212 Å².